The van der Waals surface area contributed by atoms with Crippen LogP contribution in [0, 0.1) is 6.43 Å². The lowest BCUT2D eigenvalue weighted by Crippen LogP contribution is -2.80. The highest BCUT2D eigenvalue weighted by Crippen LogP contribution is 2.72. The maximum absolute atomic E-state index is 14.0. The molecule has 0 unspecified atom stereocenters. The predicted octanol–water partition coefficient (Wildman–Crippen LogP) is 14.7. The first-order valence-electron chi connectivity index (χ1n) is 13.8. The van der Waals surface area contributed by atoms with Gasteiger partial charge in [0.15, 0.2) is 0 Å². The van der Waals surface area contributed by atoms with E-state index in [1.54, 1.807) is 0 Å². The number of rotatable bonds is 20. The molecule has 0 aromatic rings. The van der Waals surface area contributed by atoms with Gasteiger partial charge in [-0.3, -0.25) is 0 Å². The highest BCUT2D eigenvalue weighted by molar-refractivity contribution is 5.24. The van der Waals surface area contributed by atoms with Crippen LogP contribution >= 0.6 is 0 Å². The Morgan fingerprint density at radius 1 is 0.134 bits per heavy atom. The molecule has 0 aliphatic heterocycles. The smallest absolute Gasteiger partial charge is 0.192 e. The van der Waals surface area contributed by atoms with Gasteiger partial charge in [0, 0.05) is 0 Å². The van der Waals surface area contributed by atoms with E-state index in [2.05, 4.69) is 0 Å². The molecule has 1 radical (unpaired) electrons. The Morgan fingerprint density at radius 2 is 0.224 bits per heavy atom. The average Bonchev–Trinajstić information content (AvgIpc) is 3.09. The summed E-state index contributed by atoms with van der Waals surface area (Å²) in [6, 6.07) is 0. The zero-order chi connectivity index (χ0) is 56.1. The summed E-state index contributed by atoms with van der Waals surface area (Å²) in [7, 11) is 0. The minimum atomic E-state index is -10.8. The first-order chi connectivity index (χ1) is 27.9. The lowest BCUT2D eigenvalue weighted by molar-refractivity contribution is -0.496. The van der Waals surface area contributed by atoms with Gasteiger partial charge in [-0.25, -0.2) is 0 Å². The summed E-state index contributed by atoms with van der Waals surface area (Å²) in [5.41, 5.74) is 0. The molecular weight excluding hydrogens is 1120 g/mol. The quantitative estimate of drug-likeness (QED) is 0.107. The van der Waals surface area contributed by atoms with E-state index in [4.69, 9.17) is 0 Å². The van der Waals surface area contributed by atoms with Crippen molar-refractivity contribution in [3.05, 3.63) is 6.43 Å². The van der Waals surface area contributed by atoms with Crippen LogP contribution in [0.2, 0.25) is 0 Å². The maximum atomic E-state index is 14.0. The molecule has 0 saturated heterocycles. The van der Waals surface area contributed by atoms with Crippen molar-refractivity contribution in [3.8, 4) is 0 Å². The van der Waals surface area contributed by atoms with Crippen LogP contribution in [0.15, 0.2) is 0 Å². The number of hydrogen-bond donors (Lipinski definition) is 0. The standard InChI is InChI=1S/C22F45/c23-1(24)2(25,26)3(27,28)4(29,30)5(31,32)6(33,34)7(35,36)8(37,38)9(39,40)10(41,42)11(43,44)12(45,46)13(47,48)14(49,50)15(51,52)16(53,54)17(55,56)18(57,58)19(59,60)20(61,62)21(63,64)22(65,66)67. The van der Waals surface area contributed by atoms with Crippen LogP contribution in [-0.4, -0.2) is 125 Å². The van der Waals surface area contributed by atoms with E-state index >= 15 is 0 Å². The molecule has 0 bridgehead atoms. The first kappa shape index (κ1) is 63.8. The van der Waals surface area contributed by atoms with Gasteiger partial charge in [0.1, 0.15) is 0 Å². The van der Waals surface area contributed by atoms with Crippen molar-refractivity contribution in [1.29, 1.82) is 0 Å². The van der Waals surface area contributed by atoms with Gasteiger partial charge in [-0.15, -0.1) is 0 Å². The van der Waals surface area contributed by atoms with Gasteiger partial charge in [-0.2, -0.15) is 198 Å². The van der Waals surface area contributed by atoms with Crippen LogP contribution in [0.5, 0.6) is 0 Å². The molecule has 0 atom stereocenters. The zero-order valence-electron chi connectivity index (χ0n) is 28.0. The Kier molecular flexibility index (Phi) is 14.5. The predicted molar refractivity (Wildman–Crippen MR) is 110 cm³/mol. The van der Waals surface area contributed by atoms with Crippen molar-refractivity contribution in [3.63, 3.8) is 0 Å². The third kappa shape index (κ3) is 6.96. The van der Waals surface area contributed by atoms with Crippen molar-refractivity contribution in [1.82, 2.24) is 0 Å². The zero-order valence-corrected chi connectivity index (χ0v) is 28.0. The van der Waals surface area contributed by atoms with Crippen LogP contribution in [0.3, 0.4) is 0 Å². The molecule has 403 valence electrons. The summed E-state index contributed by atoms with van der Waals surface area (Å²) < 4.78 is 606. The Bertz CT molecular complexity index is 1780. The molecule has 0 saturated carbocycles. The Hall–Kier alpha value is -3.15. The molecule has 0 spiro atoms. The van der Waals surface area contributed by atoms with Crippen molar-refractivity contribution in [2.24, 2.45) is 0 Å². The maximum Gasteiger partial charge on any atom is 0.460 e. The minimum absolute atomic E-state index is 5.73. The lowest BCUT2D eigenvalue weighted by atomic mass is 9.81. The van der Waals surface area contributed by atoms with Crippen molar-refractivity contribution < 1.29 is 198 Å². The summed E-state index contributed by atoms with van der Waals surface area (Å²) in [5.74, 6) is -204. The molecule has 0 heterocycles. The van der Waals surface area contributed by atoms with Crippen molar-refractivity contribution in [2.45, 2.75) is 125 Å². The largest absolute Gasteiger partial charge is 0.460 e. The van der Waals surface area contributed by atoms with E-state index in [1.165, 1.54) is 0 Å². The van der Waals surface area contributed by atoms with Gasteiger partial charge in [-0.05, 0) is 0 Å². The van der Waals surface area contributed by atoms with Gasteiger partial charge in [-0.1, -0.05) is 0 Å². The number of halogens is 45. The molecule has 67 heavy (non-hydrogen) atoms. The van der Waals surface area contributed by atoms with E-state index in [1.807, 2.05) is 0 Å². The van der Waals surface area contributed by atoms with Gasteiger partial charge < -0.3 is 0 Å². The second-order valence-electron chi connectivity index (χ2n) is 12.2. The molecule has 0 rings (SSSR count). The van der Waals surface area contributed by atoms with Crippen LogP contribution in [0.25, 0.3) is 0 Å². The Balaban J connectivity index is 8.06. The fourth-order valence-corrected chi connectivity index (χ4v) is 3.85. The van der Waals surface area contributed by atoms with Crippen molar-refractivity contribution in [2.75, 3.05) is 0 Å². The second-order valence-corrected chi connectivity index (χ2v) is 12.2. The fourth-order valence-electron chi connectivity index (χ4n) is 3.85. The summed E-state index contributed by atoms with van der Waals surface area (Å²) >= 11 is 0. The highest BCUT2D eigenvalue weighted by atomic mass is 19.4. The SMILES string of the molecule is F[C](F)C(F)(F)C(F)(F)C(F)(F)C(F)(F)C(F)(F)C(F)(F)C(F)(F)C(F)(F)C(F)(F)C(F)(F)C(F)(F)C(F)(F)C(F)(F)C(F)(F)C(F)(F)C(F)(F)C(F)(F)C(F)(F)C(F)(F)C(F)(F)C(F)(F)F. The molecule has 45 heteroatoms. The van der Waals surface area contributed by atoms with Gasteiger partial charge in [0.05, 0.1) is 0 Å². The highest BCUT2D eigenvalue weighted by Gasteiger charge is 3.04. The molecule has 0 aromatic carbocycles. The normalized spacial score (nSPS) is 17.5. The second kappa shape index (κ2) is 15.2. The Morgan fingerprint density at radius 3 is 0.313 bits per heavy atom. The van der Waals surface area contributed by atoms with Gasteiger partial charge in [0.2, 0.25) is 0 Å². The molecule has 0 aromatic heterocycles. The third-order valence-corrected chi connectivity index (χ3v) is 8.09. The first-order valence-corrected chi connectivity index (χ1v) is 13.8. The molecule has 0 aliphatic rings. The monoisotopic (exact) mass is 1120 g/mol. The minimum Gasteiger partial charge on any atom is -0.192 e. The third-order valence-electron chi connectivity index (χ3n) is 8.09. The average molecular weight is 1120 g/mol. The van der Waals surface area contributed by atoms with E-state index in [0.717, 1.165) is 0 Å². The summed E-state index contributed by atoms with van der Waals surface area (Å²) in [5, 5.41) is 0. The van der Waals surface area contributed by atoms with E-state index in [-0.39, 0.29) is 0 Å². The molecular formula is C22F45. The summed E-state index contributed by atoms with van der Waals surface area (Å²) in [4.78, 5) is 0. The molecule has 0 fully saturated rings. The van der Waals surface area contributed by atoms with Crippen LogP contribution in [0.4, 0.5) is 198 Å². The summed E-state index contributed by atoms with van der Waals surface area (Å²) in [6.45, 7) is 0. The van der Waals surface area contributed by atoms with E-state index < -0.39 is 131 Å². The molecule has 0 N–H and O–H groups in total. The number of hydrogen-bond acceptors (Lipinski definition) is 0. The van der Waals surface area contributed by atoms with Crippen LogP contribution in [0.1, 0.15) is 0 Å². The fraction of sp³-hybridized carbons (Fsp3) is 0.955. The molecule has 0 amide bonds. The van der Waals surface area contributed by atoms with E-state index in [9.17, 15) is 198 Å². The van der Waals surface area contributed by atoms with E-state index in [0.29, 0.717) is 0 Å². The van der Waals surface area contributed by atoms with Gasteiger partial charge in [0.25, 0.3) is 0 Å². The van der Waals surface area contributed by atoms with Crippen molar-refractivity contribution >= 4 is 0 Å². The molecule has 0 aliphatic carbocycles. The molecule has 0 nitrogen and oxygen atoms in total. The Labute approximate surface area is 330 Å². The van der Waals surface area contributed by atoms with Crippen LogP contribution in [-0.2, 0) is 0 Å². The summed E-state index contributed by atoms with van der Waals surface area (Å²) in [6.07, 6.45) is -14.3. The van der Waals surface area contributed by atoms with Gasteiger partial charge >= 0.3 is 131 Å². The topological polar surface area (TPSA) is 0 Å². The lowest BCUT2D eigenvalue weighted by Gasteiger charge is -2.47. The van der Waals surface area contributed by atoms with Crippen LogP contribution < -0.4 is 0 Å². The number of alkyl halides is 43.